The highest BCUT2D eigenvalue weighted by molar-refractivity contribution is 6.42. The van der Waals surface area contributed by atoms with Crippen LogP contribution in [-0.4, -0.2) is 36.4 Å². The van der Waals surface area contributed by atoms with E-state index >= 15 is 0 Å². The molecule has 0 radical (unpaired) electrons. The number of likely N-dealkylation sites (N-methyl/N-ethyl adjacent to an activating group) is 1. The lowest BCUT2D eigenvalue weighted by molar-refractivity contribution is -0.142. The number of nitrogens with zero attached hydrogens (tertiary/aromatic N) is 1. The number of amides is 2. The zero-order valence-corrected chi connectivity index (χ0v) is 21.0. The monoisotopic (exact) mass is 498 g/mol. The van der Waals surface area contributed by atoms with Gasteiger partial charge in [0, 0.05) is 20.0 Å². The van der Waals surface area contributed by atoms with Crippen molar-refractivity contribution in [2.24, 2.45) is 0 Å². The number of ether oxygens (including phenoxy) is 1. The fraction of sp³-hybridized carbons (Fsp3) is 0.259. The molecule has 34 heavy (non-hydrogen) atoms. The topological polar surface area (TPSA) is 58.6 Å². The second-order valence-corrected chi connectivity index (χ2v) is 8.94. The van der Waals surface area contributed by atoms with Crippen molar-refractivity contribution < 1.29 is 14.3 Å². The van der Waals surface area contributed by atoms with Crippen LogP contribution in [0.15, 0.2) is 66.7 Å². The van der Waals surface area contributed by atoms with E-state index in [0.29, 0.717) is 22.2 Å². The first-order chi connectivity index (χ1) is 16.3. The van der Waals surface area contributed by atoms with Gasteiger partial charge in [0.1, 0.15) is 11.8 Å². The van der Waals surface area contributed by atoms with Crippen molar-refractivity contribution in [2.45, 2.75) is 32.9 Å². The molecule has 0 aliphatic rings. The molecular weight excluding hydrogens is 471 g/mol. The molecule has 3 aromatic rings. The molecule has 0 spiro atoms. The number of halogens is 2. The minimum Gasteiger partial charge on any atom is -0.484 e. The van der Waals surface area contributed by atoms with E-state index in [0.717, 1.165) is 22.3 Å². The van der Waals surface area contributed by atoms with Crippen molar-refractivity contribution in [3.63, 3.8) is 0 Å². The van der Waals surface area contributed by atoms with Gasteiger partial charge in [0.05, 0.1) is 10.0 Å². The van der Waals surface area contributed by atoms with E-state index in [2.05, 4.69) is 5.32 Å². The molecule has 0 aliphatic carbocycles. The van der Waals surface area contributed by atoms with Gasteiger partial charge in [-0.1, -0.05) is 65.7 Å². The number of aryl methyl sites for hydroxylation is 2. The van der Waals surface area contributed by atoms with Gasteiger partial charge in [0.2, 0.25) is 5.91 Å². The second-order valence-electron chi connectivity index (χ2n) is 8.12. The maximum Gasteiger partial charge on any atom is 0.261 e. The highest BCUT2D eigenvalue weighted by Crippen LogP contribution is 2.24. The lowest BCUT2D eigenvalue weighted by atomic mass is 10.0. The van der Waals surface area contributed by atoms with E-state index in [1.165, 1.54) is 4.90 Å². The highest BCUT2D eigenvalue weighted by Gasteiger charge is 2.30. The van der Waals surface area contributed by atoms with Gasteiger partial charge in [-0.15, -0.1) is 0 Å². The number of hydrogen-bond donors (Lipinski definition) is 1. The first kappa shape index (κ1) is 25.6. The first-order valence-electron chi connectivity index (χ1n) is 11.0. The average molecular weight is 499 g/mol. The molecule has 0 unspecified atom stereocenters. The minimum absolute atomic E-state index is 0.178. The smallest absolute Gasteiger partial charge is 0.261 e. The molecule has 1 N–H and O–H groups in total. The summed E-state index contributed by atoms with van der Waals surface area (Å²) in [5.74, 6) is 0.0303. The molecule has 0 heterocycles. The maximum absolute atomic E-state index is 13.4. The van der Waals surface area contributed by atoms with Gasteiger partial charge in [0.15, 0.2) is 6.61 Å². The summed E-state index contributed by atoms with van der Waals surface area (Å²) in [4.78, 5) is 27.9. The summed E-state index contributed by atoms with van der Waals surface area (Å²) < 4.78 is 5.81. The number of carbonyl (C=O) groups excluding carboxylic acids is 2. The summed E-state index contributed by atoms with van der Waals surface area (Å²) in [5.41, 5.74) is 3.92. The van der Waals surface area contributed by atoms with Crippen molar-refractivity contribution >= 4 is 35.0 Å². The van der Waals surface area contributed by atoms with E-state index in [9.17, 15) is 9.59 Å². The van der Waals surface area contributed by atoms with Gasteiger partial charge in [-0.2, -0.15) is 0 Å². The van der Waals surface area contributed by atoms with Crippen molar-refractivity contribution in [3.05, 3.63) is 99.0 Å². The largest absolute Gasteiger partial charge is 0.484 e. The van der Waals surface area contributed by atoms with Crippen LogP contribution in [0.2, 0.25) is 10.0 Å². The fourth-order valence-corrected chi connectivity index (χ4v) is 3.91. The Hall–Kier alpha value is -3.02. The standard InChI is InChI=1S/C27H28Cl2N2O3/c1-18-9-11-22(13-19(18)2)34-17-26(32)31(16-21-10-12-23(28)24(29)14-21)25(27(33)30-3)15-20-7-5-4-6-8-20/h4-14,25H,15-17H2,1-3H3,(H,30,33)/t25-/m0/s1. The van der Waals surface area contributed by atoms with Crippen LogP contribution in [-0.2, 0) is 22.6 Å². The zero-order chi connectivity index (χ0) is 24.7. The fourth-order valence-electron chi connectivity index (χ4n) is 3.59. The van der Waals surface area contributed by atoms with Gasteiger partial charge in [-0.3, -0.25) is 9.59 Å². The van der Waals surface area contributed by atoms with Gasteiger partial charge in [-0.05, 0) is 60.4 Å². The molecule has 5 nitrogen and oxygen atoms in total. The Kier molecular flexibility index (Phi) is 8.97. The Morgan fingerprint density at radius 3 is 2.29 bits per heavy atom. The first-order valence-corrected chi connectivity index (χ1v) is 11.7. The van der Waals surface area contributed by atoms with Crippen LogP contribution in [0.3, 0.4) is 0 Å². The van der Waals surface area contributed by atoms with Crippen LogP contribution in [0, 0.1) is 13.8 Å². The predicted molar refractivity (Wildman–Crippen MR) is 136 cm³/mol. The molecule has 3 aromatic carbocycles. The third kappa shape index (κ3) is 6.75. The summed E-state index contributed by atoms with van der Waals surface area (Å²) in [6, 6.07) is 19.7. The number of hydrogen-bond acceptors (Lipinski definition) is 3. The molecule has 178 valence electrons. The SMILES string of the molecule is CNC(=O)[C@H](Cc1ccccc1)N(Cc1ccc(Cl)c(Cl)c1)C(=O)COc1ccc(C)c(C)c1. The molecule has 0 aliphatic heterocycles. The van der Waals surface area contributed by atoms with Crippen molar-refractivity contribution in [1.29, 1.82) is 0 Å². The van der Waals surface area contributed by atoms with E-state index in [4.69, 9.17) is 27.9 Å². The summed E-state index contributed by atoms with van der Waals surface area (Å²) in [5, 5.41) is 3.50. The van der Waals surface area contributed by atoms with Crippen LogP contribution in [0.1, 0.15) is 22.3 Å². The predicted octanol–water partition coefficient (Wildman–Crippen LogP) is 5.38. The Morgan fingerprint density at radius 2 is 1.65 bits per heavy atom. The Labute approximate surface area is 210 Å². The normalized spacial score (nSPS) is 11.6. The van der Waals surface area contributed by atoms with E-state index in [1.807, 2.05) is 62.4 Å². The molecule has 0 aromatic heterocycles. The van der Waals surface area contributed by atoms with Gasteiger partial charge in [-0.25, -0.2) is 0 Å². The molecule has 0 saturated heterocycles. The summed E-state index contributed by atoms with van der Waals surface area (Å²) in [7, 11) is 1.56. The molecule has 2 amide bonds. The highest BCUT2D eigenvalue weighted by atomic mass is 35.5. The van der Waals surface area contributed by atoms with Crippen LogP contribution >= 0.6 is 23.2 Å². The lowest BCUT2D eigenvalue weighted by Crippen LogP contribution is -2.51. The Bertz CT molecular complexity index is 1150. The summed E-state index contributed by atoms with van der Waals surface area (Å²) >= 11 is 12.3. The second kappa shape index (κ2) is 11.9. The molecule has 3 rings (SSSR count). The third-order valence-electron chi connectivity index (χ3n) is 5.70. The molecular formula is C27H28Cl2N2O3. The number of rotatable bonds is 9. The Morgan fingerprint density at radius 1 is 0.912 bits per heavy atom. The van der Waals surface area contributed by atoms with Gasteiger partial charge in [0.25, 0.3) is 5.91 Å². The molecule has 7 heteroatoms. The van der Waals surface area contributed by atoms with Crippen LogP contribution in [0.5, 0.6) is 5.75 Å². The van der Waals surface area contributed by atoms with E-state index in [1.54, 1.807) is 25.2 Å². The molecule has 1 atom stereocenters. The van der Waals surface area contributed by atoms with Crippen LogP contribution in [0.4, 0.5) is 0 Å². The lowest BCUT2D eigenvalue weighted by Gasteiger charge is -2.31. The molecule has 0 bridgehead atoms. The van der Waals surface area contributed by atoms with Gasteiger partial charge >= 0.3 is 0 Å². The maximum atomic E-state index is 13.4. The Balaban J connectivity index is 1.89. The van der Waals surface area contributed by atoms with Crippen molar-refractivity contribution in [1.82, 2.24) is 10.2 Å². The van der Waals surface area contributed by atoms with Crippen molar-refractivity contribution in [2.75, 3.05) is 13.7 Å². The number of nitrogens with one attached hydrogen (secondary N) is 1. The summed E-state index contributed by atoms with van der Waals surface area (Å²) in [6.07, 6.45) is 0.358. The summed E-state index contributed by atoms with van der Waals surface area (Å²) in [6.45, 7) is 3.98. The van der Waals surface area contributed by atoms with Crippen LogP contribution in [0.25, 0.3) is 0 Å². The zero-order valence-electron chi connectivity index (χ0n) is 19.5. The van der Waals surface area contributed by atoms with E-state index in [-0.39, 0.29) is 25.0 Å². The average Bonchev–Trinajstić information content (AvgIpc) is 2.84. The molecule has 0 saturated carbocycles. The van der Waals surface area contributed by atoms with E-state index < -0.39 is 6.04 Å². The number of carbonyl (C=O) groups is 2. The molecule has 0 fully saturated rings. The number of benzene rings is 3. The van der Waals surface area contributed by atoms with Crippen LogP contribution < -0.4 is 10.1 Å². The quantitative estimate of drug-likeness (QED) is 0.431. The minimum atomic E-state index is -0.738. The van der Waals surface area contributed by atoms with Gasteiger partial charge < -0.3 is 15.0 Å². The third-order valence-corrected chi connectivity index (χ3v) is 6.43. The van der Waals surface area contributed by atoms with Crippen molar-refractivity contribution in [3.8, 4) is 5.75 Å².